The summed E-state index contributed by atoms with van der Waals surface area (Å²) in [5.74, 6) is 2.84. The van der Waals surface area contributed by atoms with Crippen LogP contribution in [0.15, 0.2) is 48.5 Å². The maximum absolute atomic E-state index is 5.96. The standard InChI is InChI=1S/C18H22O/c1-13(2)15-10-16(14(3)4)12-18(11-15)19-17-8-6-5-7-9-17/h5-14H,1-4H3. The molecule has 0 amide bonds. The first kappa shape index (κ1) is 13.7. The van der Waals surface area contributed by atoms with Crippen LogP contribution >= 0.6 is 0 Å². The predicted molar refractivity (Wildman–Crippen MR) is 81.1 cm³/mol. The fourth-order valence-electron chi connectivity index (χ4n) is 2.00. The van der Waals surface area contributed by atoms with Crippen LogP contribution in [0.1, 0.15) is 50.7 Å². The molecule has 100 valence electrons. The van der Waals surface area contributed by atoms with Crippen LogP contribution in [0.4, 0.5) is 0 Å². The van der Waals surface area contributed by atoms with Crippen LogP contribution in [-0.2, 0) is 0 Å². The Labute approximate surface area is 116 Å². The molecule has 0 saturated heterocycles. The molecule has 2 aromatic carbocycles. The summed E-state index contributed by atoms with van der Waals surface area (Å²) in [6.07, 6.45) is 0. The fraction of sp³-hybridized carbons (Fsp3) is 0.333. The summed E-state index contributed by atoms with van der Waals surface area (Å²) in [7, 11) is 0. The zero-order valence-corrected chi connectivity index (χ0v) is 12.2. The second-order valence-corrected chi connectivity index (χ2v) is 5.56. The van der Waals surface area contributed by atoms with Crippen molar-refractivity contribution in [1.29, 1.82) is 0 Å². The minimum Gasteiger partial charge on any atom is -0.457 e. The summed E-state index contributed by atoms with van der Waals surface area (Å²) < 4.78 is 5.96. The van der Waals surface area contributed by atoms with E-state index in [0.717, 1.165) is 11.5 Å². The molecule has 0 saturated carbocycles. The number of rotatable bonds is 4. The van der Waals surface area contributed by atoms with Crippen molar-refractivity contribution in [3.05, 3.63) is 59.7 Å². The van der Waals surface area contributed by atoms with E-state index in [4.69, 9.17) is 4.74 Å². The molecule has 0 N–H and O–H groups in total. The number of ether oxygens (including phenoxy) is 1. The highest BCUT2D eigenvalue weighted by Crippen LogP contribution is 2.29. The Bertz CT molecular complexity index is 500. The second kappa shape index (κ2) is 5.92. The maximum Gasteiger partial charge on any atom is 0.127 e. The molecule has 0 aliphatic rings. The van der Waals surface area contributed by atoms with E-state index in [1.54, 1.807) is 0 Å². The first-order valence-corrected chi connectivity index (χ1v) is 6.94. The Morgan fingerprint density at radius 3 is 1.68 bits per heavy atom. The summed E-state index contributed by atoms with van der Waals surface area (Å²) in [6.45, 7) is 8.86. The van der Waals surface area contributed by atoms with E-state index in [2.05, 4.69) is 45.9 Å². The first-order valence-electron chi connectivity index (χ1n) is 6.94. The van der Waals surface area contributed by atoms with Crippen LogP contribution in [0, 0.1) is 0 Å². The molecule has 0 radical (unpaired) electrons. The maximum atomic E-state index is 5.96. The second-order valence-electron chi connectivity index (χ2n) is 5.56. The summed E-state index contributed by atoms with van der Waals surface area (Å²) >= 11 is 0. The van der Waals surface area contributed by atoms with Crippen molar-refractivity contribution in [3.63, 3.8) is 0 Å². The summed E-state index contributed by atoms with van der Waals surface area (Å²) in [5, 5.41) is 0. The molecule has 0 aliphatic carbocycles. The van der Waals surface area contributed by atoms with Gasteiger partial charge in [-0.25, -0.2) is 0 Å². The van der Waals surface area contributed by atoms with Crippen molar-refractivity contribution >= 4 is 0 Å². The molecule has 0 fully saturated rings. The molecule has 0 heterocycles. The zero-order chi connectivity index (χ0) is 13.8. The molecule has 2 rings (SSSR count). The molecule has 19 heavy (non-hydrogen) atoms. The molecule has 0 unspecified atom stereocenters. The van der Waals surface area contributed by atoms with Crippen LogP contribution in [0.5, 0.6) is 11.5 Å². The monoisotopic (exact) mass is 254 g/mol. The van der Waals surface area contributed by atoms with E-state index < -0.39 is 0 Å². The van der Waals surface area contributed by atoms with E-state index in [0.29, 0.717) is 11.8 Å². The molecule has 0 aliphatic heterocycles. The topological polar surface area (TPSA) is 9.23 Å². The molecular formula is C18H22O. The highest BCUT2D eigenvalue weighted by Gasteiger charge is 2.08. The SMILES string of the molecule is CC(C)c1cc(Oc2ccccc2)cc(C(C)C)c1. The van der Waals surface area contributed by atoms with Gasteiger partial charge in [0.25, 0.3) is 0 Å². The normalized spacial score (nSPS) is 11.1. The number of benzene rings is 2. The summed E-state index contributed by atoms with van der Waals surface area (Å²) in [4.78, 5) is 0. The molecule has 0 spiro atoms. The molecule has 0 bridgehead atoms. The van der Waals surface area contributed by atoms with Crippen molar-refractivity contribution in [2.45, 2.75) is 39.5 Å². The van der Waals surface area contributed by atoms with Crippen LogP contribution in [-0.4, -0.2) is 0 Å². The number of hydrogen-bond donors (Lipinski definition) is 0. The molecule has 0 aromatic heterocycles. The van der Waals surface area contributed by atoms with Gasteiger partial charge in [-0.1, -0.05) is 52.0 Å². The van der Waals surface area contributed by atoms with Gasteiger partial charge in [-0.2, -0.15) is 0 Å². The smallest absolute Gasteiger partial charge is 0.127 e. The summed E-state index contributed by atoms with van der Waals surface area (Å²) in [6, 6.07) is 16.5. The van der Waals surface area contributed by atoms with Gasteiger partial charge in [0.2, 0.25) is 0 Å². The van der Waals surface area contributed by atoms with Gasteiger partial charge in [0.05, 0.1) is 0 Å². The van der Waals surface area contributed by atoms with Gasteiger partial charge >= 0.3 is 0 Å². The van der Waals surface area contributed by atoms with E-state index in [9.17, 15) is 0 Å². The zero-order valence-electron chi connectivity index (χ0n) is 12.2. The van der Waals surface area contributed by atoms with E-state index >= 15 is 0 Å². The van der Waals surface area contributed by atoms with E-state index in [-0.39, 0.29) is 0 Å². The van der Waals surface area contributed by atoms with Crippen LogP contribution in [0.3, 0.4) is 0 Å². The highest BCUT2D eigenvalue weighted by molar-refractivity contribution is 5.40. The van der Waals surface area contributed by atoms with Gasteiger partial charge in [0.15, 0.2) is 0 Å². The van der Waals surface area contributed by atoms with Crippen LogP contribution < -0.4 is 4.74 Å². The summed E-state index contributed by atoms with van der Waals surface area (Å²) in [5.41, 5.74) is 2.66. The lowest BCUT2D eigenvalue weighted by molar-refractivity contribution is 0.480. The predicted octanol–water partition coefficient (Wildman–Crippen LogP) is 5.73. The lowest BCUT2D eigenvalue weighted by atomic mass is 9.95. The molecular weight excluding hydrogens is 232 g/mol. The number of hydrogen-bond acceptors (Lipinski definition) is 1. The highest BCUT2D eigenvalue weighted by atomic mass is 16.5. The largest absolute Gasteiger partial charge is 0.457 e. The first-order chi connectivity index (χ1) is 9.06. The Morgan fingerprint density at radius 1 is 0.684 bits per heavy atom. The Kier molecular flexibility index (Phi) is 4.26. The van der Waals surface area contributed by atoms with Crippen molar-refractivity contribution in [3.8, 4) is 11.5 Å². The third kappa shape index (κ3) is 3.60. The van der Waals surface area contributed by atoms with Crippen molar-refractivity contribution in [2.24, 2.45) is 0 Å². The van der Waals surface area contributed by atoms with Crippen molar-refractivity contribution < 1.29 is 4.74 Å². The van der Waals surface area contributed by atoms with Gasteiger partial charge in [-0.05, 0) is 47.2 Å². The quantitative estimate of drug-likeness (QED) is 0.677. The lowest BCUT2D eigenvalue weighted by Crippen LogP contribution is -1.95. The third-order valence-electron chi connectivity index (χ3n) is 3.26. The van der Waals surface area contributed by atoms with Crippen molar-refractivity contribution in [2.75, 3.05) is 0 Å². The Morgan fingerprint density at radius 2 is 1.21 bits per heavy atom. The molecule has 2 aromatic rings. The van der Waals surface area contributed by atoms with E-state index in [1.165, 1.54) is 11.1 Å². The average molecular weight is 254 g/mol. The van der Waals surface area contributed by atoms with Gasteiger partial charge in [0.1, 0.15) is 11.5 Å². The minimum atomic E-state index is 0.511. The Hall–Kier alpha value is -1.76. The Balaban J connectivity index is 2.34. The molecule has 0 atom stereocenters. The van der Waals surface area contributed by atoms with Gasteiger partial charge < -0.3 is 4.74 Å². The fourth-order valence-corrected chi connectivity index (χ4v) is 2.00. The van der Waals surface area contributed by atoms with Crippen LogP contribution in [0.25, 0.3) is 0 Å². The van der Waals surface area contributed by atoms with E-state index in [1.807, 2.05) is 30.3 Å². The van der Waals surface area contributed by atoms with Gasteiger partial charge in [-0.3, -0.25) is 0 Å². The van der Waals surface area contributed by atoms with Crippen molar-refractivity contribution in [1.82, 2.24) is 0 Å². The lowest BCUT2D eigenvalue weighted by Gasteiger charge is -2.15. The van der Waals surface area contributed by atoms with Gasteiger partial charge in [-0.15, -0.1) is 0 Å². The van der Waals surface area contributed by atoms with Crippen LogP contribution in [0.2, 0.25) is 0 Å². The number of para-hydroxylation sites is 1. The average Bonchev–Trinajstić information content (AvgIpc) is 2.39. The molecule has 1 nitrogen and oxygen atoms in total. The van der Waals surface area contributed by atoms with Gasteiger partial charge in [0, 0.05) is 0 Å². The third-order valence-corrected chi connectivity index (χ3v) is 3.26. The molecule has 1 heteroatoms. The minimum absolute atomic E-state index is 0.511.